The summed E-state index contributed by atoms with van der Waals surface area (Å²) in [7, 11) is 0. The molecule has 0 atom stereocenters. The van der Waals surface area contributed by atoms with Crippen LogP contribution in [-0.2, 0) is 14.3 Å². The maximum Gasteiger partial charge on any atom is 0.355 e. The van der Waals surface area contributed by atoms with Gasteiger partial charge in [0.2, 0.25) is 0 Å². The van der Waals surface area contributed by atoms with Crippen LogP contribution in [0.2, 0.25) is 5.02 Å². The van der Waals surface area contributed by atoms with Crippen LogP contribution in [0.15, 0.2) is 29.4 Å². The zero-order chi connectivity index (χ0) is 13.1. The molecular weight excluding hydrogens is 256 g/mol. The lowest BCUT2D eigenvalue weighted by Crippen LogP contribution is -2.20. The molecule has 5 nitrogen and oxygen atoms in total. The second-order valence-electron chi connectivity index (χ2n) is 3.60. The van der Waals surface area contributed by atoms with Crippen LogP contribution in [0, 0.1) is 0 Å². The van der Waals surface area contributed by atoms with Crippen LogP contribution in [0.3, 0.4) is 0 Å². The number of esters is 1. The molecule has 1 aliphatic heterocycles. The van der Waals surface area contributed by atoms with Crippen LogP contribution < -0.4 is 5.01 Å². The molecule has 0 aromatic heterocycles. The molecule has 6 heteroatoms. The molecule has 0 saturated carbocycles. The van der Waals surface area contributed by atoms with Crippen LogP contribution in [0.1, 0.15) is 13.3 Å². The number of hydrogen-bond acceptors (Lipinski definition) is 4. The summed E-state index contributed by atoms with van der Waals surface area (Å²) >= 11 is 5.98. The van der Waals surface area contributed by atoms with E-state index >= 15 is 0 Å². The zero-order valence-electron chi connectivity index (χ0n) is 9.72. The van der Waals surface area contributed by atoms with Crippen LogP contribution >= 0.6 is 11.6 Å². The Hall–Kier alpha value is -1.88. The van der Waals surface area contributed by atoms with Gasteiger partial charge in [-0.15, -0.1) is 0 Å². The summed E-state index contributed by atoms with van der Waals surface area (Å²) in [6, 6.07) is 6.81. The molecular formula is C12H11ClN2O3. The molecule has 1 aromatic carbocycles. The highest BCUT2D eigenvalue weighted by Crippen LogP contribution is 2.28. The summed E-state index contributed by atoms with van der Waals surface area (Å²) in [5.74, 6) is -0.869. The lowest BCUT2D eigenvalue weighted by Gasteiger charge is -2.12. The van der Waals surface area contributed by atoms with E-state index < -0.39 is 5.97 Å². The molecule has 1 amide bonds. The zero-order valence-corrected chi connectivity index (χ0v) is 10.5. The lowest BCUT2D eigenvalue weighted by atomic mass is 10.2. The second-order valence-corrected chi connectivity index (χ2v) is 4.01. The van der Waals surface area contributed by atoms with Gasteiger partial charge in [-0.1, -0.05) is 23.7 Å². The summed E-state index contributed by atoms with van der Waals surface area (Å²) in [6.45, 7) is 1.94. The number of benzene rings is 1. The fourth-order valence-corrected chi connectivity index (χ4v) is 1.78. The number of hydrazone groups is 1. The summed E-state index contributed by atoms with van der Waals surface area (Å²) in [5.41, 5.74) is 0.560. The third-order valence-electron chi connectivity index (χ3n) is 2.37. The van der Waals surface area contributed by atoms with Gasteiger partial charge in [0.15, 0.2) is 5.71 Å². The van der Waals surface area contributed by atoms with E-state index in [4.69, 9.17) is 16.3 Å². The first kappa shape index (κ1) is 12.6. The standard InChI is InChI=1S/C12H11ClN2O3/c1-2-18-12(17)9-7-11(16)15(14-9)10-6-4-3-5-8(10)13/h3-6H,2,7H2,1H3. The maximum atomic E-state index is 11.8. The summed E-state index contributed by atoms with van der Waals surface area (Å²) in [6.07, 6.45) is -0.0654. The minimum absolute atomic E-state index is 0.0654. The number of para-hydroxylation sites is 1. The fourth-order valence-electron chi connectivity index (χ4n) is 1.57. The molecule has 0 radical (unpaired) electrons. The van der Waals surface area contributed by atoms with Gasteiger partial charge in [0.25, 0.3) is 5.91 Å². The van der Waals surface area contributed by atoms with Crippen LogP contribution in [0.5, 0.6) is 0 Å². The highest BCUT2D eigenvalue weighted by molar-refractivity contribution is 6.43. The molecule has 0 fully saturated rings. The van der Waals surface area contributed by atoms with Gasteiger partial charge in [-0.2, -0.15) is 10.1 Å². The predicted octanol–water partition coefficient (Wildman–Crippen LogP) is 2.00. The number of ether oxygens (including phenoxy) is 1. The Kier molecular flexibility index (Phi) is 3.62. The maximum absolute atomic E-state index is 11.8. The van der Waals surface area contributed by atoms with Crippen molar-refractivity contribution in [1.29, 1.82) is 0 Å². The lowest BCUT2D eigenvalue weighted by molar-refractivity contribution is -0.135. The molecule has 2 rings (SSSR count). The third kappa shape index (κ3) is 2.36. The molecule has 1 aliphatic rings. The minimum Gasteiger partial charge on any atom is -0.461 e. The number of carbonyl (C=O) groups excluding carboxylic acids is 2. The number of hydrogen-bond donors (Lipinski definition) is 0. The van der Waals surface area contributed by atoms with E-state index in [9.17, 15) is 9.59 Å². The molecule has 0 bridgehead atoms. The average Bonchev–Trinajstić information content (AvgIpc) is 2.72. The van der Waals surface area contributed by atoms with E-state index in [0.29, 0.717) is 10.7 Å². The first-order valence-corrected chi connectivity index (χ1v) is 5.83. The highest BCUT2D eigenvalue weighted by Gasteiger charge is 2.30. The first-order valence-electron chi connectivity index (χ1n) is 5.45. The van der Waals surface area contributed by atoms with Gasteiger partial charge in [0, 0.05) is 0 Å². The minimum atomic E-state index is -0.569. The van der Waals surface area contributed by atoms with E-state index in [1.165, 1.54) is 0 Å². The number of carbonyl (C=O) groups is 2. The number of nitrogens with zero attached hydrogens (tertiary/aromatic N) is 2. The topological polar surface area (TPSA) is 59.0 Å². The molecule has 1 heterocycles. The second kappa shape index (κ2) is 5.18. The quantitative estimate of drug-likeness (QED) is 0.786. The average molecular weight is 267 g/mol. The third-order valence-corrected chi connectivity index (χ3v) is 2.69. The van der Waals surface area contributed by atoms with Gasteiger partial charge in [-0.05, 0) is 19.1 Å². The Bertz CT molecular complexity index is 528. The van der Waals surface area contributed by atoms with Gasteiger partial charge in [-0.25, -0.2) is 4.79 Å². The Morgan fingerprint density at radius 2 is 2.22 bits per heavy atom. The van der Waals surface area contributed by atoms with Crippen molar-refractivity contribution >= 4 is 34.9 Å². The van der Waals surface area contributed by atoms with Crippen molar-refractivity contribution in [3.05, 3.63) is 29.3 Å². The SMILES string of the molecule is CCOC(=O)C1=NN(c2ccccc2Cl)C(=O)C1. The summed E-state index contributed by atoms with van der Waals surface area (Å²) in [4.78, 5) is 23.3. The van der Waals surface area contributed by atoms with E-state index in [2.05, 4.69) is 5.10 Å². The van der Waals surface area contributed by atoms with Crippen LogP contribution in [0.25, 0.3) is 0 Å². The molecule has 1 aromatic rings. The Morgan fingerprint density at radius 3 is 2.89 bits per heavy atom. The molecule has 0 aliphatic carbocycles. The van der Waals surface area contributed by atoms with E-state index in [0.717, 1.165) is 5.01 Å². The number of rotatable bonds is 3. The number of amides is 1. The fraction of sp³-hybridized carbons (Fsp3) is 0.250. The van der Waals surface area contributed by atoms with Crippen molar-refractivity contribution < 1.29 is 14.3 Å². The number of halogens is 1. The smallest absolute Gasteiger partial charge is 0.355 e. The molecule has 0 unspecified atom stereocenters. The van der Waals surface area contributed by atoms with Crippen LogP contribution in [0.4, 0.5) is 5.69 Å². The number of anilines is 1. The van der Waals surface area contributed by atoms with Crippen molar-refractivity contribution in [1.82, 2.24) is 0 Å². The van der Waals surface area contributed by atoms with Crippen molar-refractivity contribution in [2.75, 3.05) is 11.6 Å². The molecule has 0 N–H and O–H groups in total. The van der Waals surface area contributed by atoms with Crippen molar-refractivity contribution in [3.63, 3.8) is 0 Å². The Labute approximate surface area is 109 Å². The van der Waals surface area contributed by atoms with Crippen LogP contribution in [-0.4, -0.2) is 24.2 Å². The Balaban J connectivity index is 2.27. The van der Waals surface area contributed by atoms with E-state index in [1.54, 1.807) is 31.2 Å². The molecule has 0 spiro atoms. The van der Waals surface area contributed by atoms with E-state index in [-0.39, 0.29) is 24.6 Å². The van der Waals surface area contributed by atoms with Gasteiger partial charge in [0.1, 0.15) is 0 Å². The summed E-state index contributed by atoms with van der Waals surface area (Å²) in [5, 5.41) is 5.50. The van der Waals surface area contributed by atoms with Crippen molar-refractivity contribution in [2.45, 2.75) is 13.3 Å². The van der Waals surface area contributed by atoms with Gasteiger partial charge in [-0.3, -0.25) is 4.79 Å². The van der Waals surface area contributed by atoms with Gasteiger partial charge >= 0.3 is 5.97 Å². The normalized spacial score (nSPS) is 14.7. The van der Waals surface area contributed by atoms with E-state index in [1.807, 2.05) is 0 Å². The molecule has 18 heavy (non-hydrogen) atoms. The van der Waals surface area contributed by atoms with Crippen molar-refractivity contribution in [3.8, 4) is 0 Å². The summed E-state index contributed by atoms with van der Waals surface area (Å²) < 4.78 is 4.81. The monoisotopic (exact) mass is 266 g/mol. The molecule has 94 valence electrons. The van der Waals surface area contributed by atoms with Gasteiger partial charge < -0.3 is 4.74 Å². The predicted molar refractivity (Wildman–Crippen MR) is 67.6 cm³/mol. The highest BCUT2D eigenvalue weighted by atomic mass is 35.5. The van der Waals surface area contributed by atoms with Crippen molar-refractivity contribution in [2.24, 2.45) is 5.10 Å². The molecule has 0 saturated heterocycles. The first-order chi connectivity index (χ1) is 8.63. The Morgan fingerprint density at radius 1 is 1.50 bits per heavy atom. The van der Waals surface area contributed by atoms with Gasteiger partial charge in [0.05, 0.1) is 23.7 Å². The largest absolute Gasteiger partial charge is 0.461 e.